The summed E-state index contributed by atoms with van der Waals surface area (Å²) < 4.78 is 5.60. The molecule has 0 amide bonds. The molecule has 3 aromatic carbocycles. The number of fused-ring (bicyclic) bond motifs is 1. The van der Waals surface area contributed by atoms with Crippen molar-refractivity contribution in [3.63, 3.8) is 0 Å². The van der Waals surface area contributed by atoms with Crippen LogP contribution in [-0.2, 0) is 0 Å². The zero-order valence-electron chi connectivity index (χ0n) is 16.8. The Morgan fingerprint density at radius 3 is 2.38 bits per heavy atom. The molecule has 0 bridgehead atoms. The smallest absolute Gasteiger partial charge is 0.324 e. The molecule has 1 aliphatic heterocycles. The molecule has 0 saturated carbocycles. The van der Waals surface area contributed by atoms with Gasteiger partial charge in [-0.1, -0.05) is 53.7 Å². The fraction of sp³-hybridized carbons (Fsp3) is 0.250. The third-order valence-corrected chi connectivity index (χ3v) is 5.89. The molecule has 1 aromatic heterocycles. The van der Waals surface area contributed by atoms with Crippen LogP contribution in [0.2, 0.25) is 0 Å². The highest BCUT2D eigenvalue weighted by atomic mass is 16.5. The van der Waals surface area contributed by atoms with Crippen LogP contribution in [0.5, 0.6) is 0 Å². The zero-order chi connectivity index (χ0) is 19.8. The average Bonchev–Trinajstić information content (AvgIpc) is 3.26. The van der Waals surface area contributed by atoms with Crippen molar-refractivity contribution >= 4 is 22.5 Å². The van der Waals surface area contributed by atoms with E-state index in [4.69, 9.17) is 4.52 Å². The summed E-state index contributed by atoms with van der Waals surface area (Å²) in [6.07, 6.45) is 0. The molecule has 5 rings (SSSR count). The molecule has 0 unspecified atom stereocenters. The number of rotatable bonds is 3. The van der Waals surface area contributed by atoms with Crippen LogP contribution in [0.3, 0.4) is 0 Å². The summed E-state index contributed by atoms with van der Waals surface area (Å²) in [6.45, 7) is 7.99. The van der Waals surface area contributed by atoms with Gasteiger partial charge in [0.1, 0.15) is 0 Å². The van der Waals surface area contributed by atoms with E-state index < -0.39 is 0 Å². The van der Waals surface area contributed by atoms with Crippen LogP contribution in [0.4, 0.5) is 11.7 Å². The highest BCUT2D eigenvalue weighted by molar-refractivity contribution is 5.86. The third-order valence-electron chi connectivity index (χ3n) is 5.89. The fourth-order valence-electron chi connectivity index (χ4n) is 4.01. The Balaban J connectivity index is 1.32. The number of benzene rings is 3. The Morgan fingerprint density at radius 1 is 0.793 bits per heavy atom. The van der Waals surface area contributed by atoms with Gasteiger partial charge in [-0.3, -0.25) is 0 Å². The topological polar surface area (TPSA) is 45.4 Å². The average molecular weight is 384 g/mol. The van der Waals surface area contributed by atoms with Gasteiger partial charge < -0.3 is 14.3 Å². The molecule has 1 aliphatic rings. The highest BCUT2D eigenvalue weighted by Crippen LogP contribution is 2.27. The van der Waals surface area contributed by atoms with Crippen molar-refractivity contribution in [2.45, 2.75) is 13.8 Å². The van der Waals surface area contributed by atoms with Gasteiger partial charge in [-0.05, 0) is 47.9 Å². The maximum atomic E-state index is 5.60. The largest absolute Gasteiger partial charge is 0.368 e. The predicted molar refractivity (Wildman–Crippen MR) is 118 cm³/mol. The minimum Gasteiger partial charge on any atom is -0.368 e. The summed E-state index contributed by atoms with van der Waals surface area (Å²) in [4.78, 5) is 9.29. The van der Waals surface area contributed by atoms with Crippen molar-refractivity contribution in [1.82, 2.24) is 10.1 Å². The number of anilines is 2. The molecule has 2 heterocycles. The standard InChI is InChI=1S/C24H24N4O/c1-17-6-5-9-22(18(17)2)27-12-14-28(15-13-27)24-25-23(26-29-24)21-11-10-19-7-3-4-8-20(19)16-21/h3-11,16H,12-15H2,1-2H3. The second kappa shape index (κ2) is 7.24. The number of nitrogens with zero attached hydrogens (tertiary/aromatic N) is 4. The number of aryl methyl sites for hydroxylation is 1. The second-order valence-electron chi connectivity index (χ2n) is 7.66. The Labute approximate surface area is 170 Å². The molecule has 29 heavy (non-hydrogen) atoms. The SMILES string of the molecule is Cc1cccc(N2CCN(c3nc(-c4ccc5ccccc5c4)no3)CC2)c1C. The molecular weight excluding hydrogens is 360 g/mol. The van der Waals surface area contributed by atoms with Gasteiger partial charge in [-0.15, -0.1) is 0 Å². The fourth-order valence-corrected chi connectivity index (χ4v) is 4.01. The first-order valence-corrected chi connectivity index (χ1v) is 10.1. The van der Waals surface area contributed by atoms with Crippen molar-refractivity contribution in [3.8, 4) is 11.4 Å². The van der Waals surface area contributed by atoms with Crippen LogP contribution in [0.1, 0.15) is 11.1 Å². The van der Waals surface area contributed by atoms with Crippen LogP contribution in [-0.4, -0.2) is 36.3 Å². The van der Waals surface area contributed by atoms with Gasteiger partial charge >= 0.3 is 6.01 Å². The van der Waals surface area contributed by atoms with E-state index in [9.17, 15) is 0 Å². The van der Waals surface area contributed by atoms with Crippen molar-refractivity contribution in [3.05, 3.63) is 71.8 Å². The van der Waals surface area contributed by atoms with E-state index >= 15 is 0 Å². The molecule has 5 heteroatoms. The molecule has 0 radical (unpaired) electrons. The summed E-state index contributed by atoms with van der Waals surface area (Å²) in [5.74, 6) is 0.641. The lowest BCUT2D eigenvalue weighted by molar-refractivity contribution is 0.409. The Hall–Kier alpha value is -3.34. The van der Waals surface area contributed by atoms with E-state index in [-0.39, 0.29) is 0 Å². The normalized spacial score (nSPS) is 14.6. The predicted octanol–water partition coefficient (Wildman–Crippen LogP) is 4.83. The quantitative estimate of drug-likeness (QED) is 0.506. The molecule has 0 spiro atoms. The summed E-state index contributed by atoms with van der Waals surface area (Å²) in [5.41, 5.74) is 5.00. The molecule has 1 fully saturated rings. The van der Waals surface area contributed by atoms with Gasteiger partial charge in [0.15, 0.2) is 0 Å². The molecule has 146 valence electrons. The van der Waals surface area contributed by atoms with Crippen molar-refractivity contribution in [1.29, 1.82) is 0 Å². The molecule has 0 aliphatic carbocycles. The van der Waals surface area contributed by atoms with Crippen LogP contribution < -0.4 is 9.80 Å². The maximum Gasteiger partial charge on any atom is 0.324 e. The first kappa shape index (κ1) is 17.7. The van der Waals surface area contributed by atoms with Gasteiger partial charge in [0.25, 0.3) is 0 Å². The van der Waals surface area contributed by atoms with Crippen molar-refractivity contribution in [2.24, 2.45) is 0 Å². The Morgan fingerprint density at radius 2 is 1.55 bits per heavy atom. The van der Waals surface area contributed by atoms with Crippen LogP contribution >= 0.6 is 0 Å². The highest BCUT2D eigenvalue weighted by Gasteiger charge is 2.23. The van der Waals surface area contributed by atoms with E-state index in [1.165, 1.54) is 27.6 Å². The first-order chi connectivity index (χ1) is 14.2. The van der Waals surface area contributed by atoms with Gasteiger partial charge in [0.2, 0.25) is 5.82 Å². The Bertz CT molecular complexity index is 1160. The van der Waals surface area contributed by atoms with Crippen LogP contribution in [0.25, 0.3) is 22.2 Å². The summed E-state index contributed by atoms with van der Waals surface area (Å²) in [6, 6.07) is 21.7. The van der Waals surface area contributed by atoms with Crippen LogP contribution in [0.15, 0.2) is 65.2 Å². The number of hydrogen-bond acceptors (Lipinski definition) is 5. The lowest BCUT2D eigenvalue weighted by Gasteiger charge is -2.36. The van der Waals surface area contributed by atoms with Crippen molar-refractivity contribution < 1.29 is 4.52 Å². The number of piperazine rings is 1. The van der Waals surface area contributed by atoms with E-state index in [0.29, 0.717) is 11.8 Å². The summed E-state index contributed by atoms with van der Waals surface area (Å²) in [5, 5.41) is 6.62. The Kier molecular flexibility index (Phi) is 4.43. The first-order valence-electron chi connectivity index (χ1n) is 10.1. The van der Waals surface area contributed by atoms with Gasteiger partial charge in [0.05, 0.1) is 0 Å². The van der Waals surface area contributed by atoms with Gasteiger partial charge in [-0.25, -0.2) is 0 Å². The third kappa shape index (κ3) is 3.33. The zero-order valence-corrected chi connectivity index (χ0v) is 16.8. The van der Waals surface area contributed by atoms with E-state index in [0.717, 1.165) is 31.7 Å². The second-order valence-corrected chi connectivity index (χ2v) is 7.66. The summed E-state index contributed by atoms with van der Waals surface area (Å²) >= 11 is 0. The van der Waals surface area contributed by atoms with E-state index in [2.05, 4.69) is 82.3 Å². The van der Waals surface area contributed by atoms with E-state index in [1.54, 1.807) is 0 Å². The number of aromatic nitrogens is 2. The molecule has 4 aromatic rings. The number of hydrogen-bond donors (Lipinski definition) is 0. The van der Waals surface area contributed by atoms with Crippen LogP contribution in [0, 0.1) is 13.8 Å². The minimum atomic E-state index is 0.605. The van der Waals surface area contributed by atoms with E-state index in [1.807, 2.05) is 12.1 Å². The molecule has 0 N–H and O–H groups in total. The minimum absolute atomic E-state index is 0.605. The van der Waals surface area contributed by atoms with Gasteiger partial charge in [-0.2, -0.15) is 4.98 Å². The monoisotopic (exact) mass is 384 g/mol. The molecule has 5 nitrogen and oxygen atoms in total. The molecular formula is C24H24N4O. The maximum absolute atomic E-state index is 5.60. The van der Waals surface area contributed by atoms with Crippen molar-refractivity contribution in [2.75, 3.05) is 36.0 Å². The molecule has 0 atom stereocenters. The lowest BCUT2D eigenvalue weighted by atomic mass is 10.1. The molecule has 1 saturated heterocycles. The lowest BCUT2D eigenvalue weighted by Crippen LogP contribution is -2.47. The van der Waals surface area contributed by atoms with Gasteiger partial charge in [0, 0.05) is 37.4 Å². The summed E-state index contributed by atoms with van der Waals surface area (Å²) in [7, 11) is 0.